The maximum absolute atomic E-state index is 13.9. The summed E-state index contributed by atoms with van der Waals surface area (Å²) in [5.74, 6) is -0.958. The van der Waals surface area contributed by atoms with E-state index in [0.29, 0.717) is 16.4 Å². The first kappa shape index (κ1) is 16.1. The van der Waals surface area contributed by atoms with E-state index in [2.05, 4.69) is 10.1 Å². The van der Waals surface area contributed by atoms with Crippen LogP contribution >= 0.6 is 11.6 Å². The second-order valence-electron chi connectivity index (χ2n) is 5.07. The Hall–Kier alpha value is -2.73. The number of carbonyl (C=O) groups excluding carboxylic acids is 1. The first-order chi connectivity index (χ1) is 11.6. The molecule has 0 aliphatic rings. The van der Waals surface area contributed by atoms with Crippen LogP contribution in [0.2, 0.25) is 5.15 Å². The molecular formula is C17H13ClFN3O2. The number of aromatic nitrogens is 3. The normalized spacial score (nSPS) is 10.6. The Morgan fingerprint density at radius 3 is 2.75 bits per heavy atom. The van der Waals surface area contributed by atoms with Gasteiger partial charge < -0.3 is 4.74 Å². The second-order valence-corrected chi connectivity index (χ2v) is 5.46. The number of carbonyl (C=O) groups is 1. The van der Waals surface area contributed by atoms with E-state index in [1.54, 1.807) is 37.3 Å². The Labute approximate surface area is 142 Å². The quantitative estimate of drug-likeness (QED) is 0.534. The Morgan fingerprint density at radius 2 is 2.04 bits per heavy atom. The van der Waals surface area contributed by atoms with E-state index in [9.17, 15) is 9.18 Å². The number of nitrogens with zero attached hydrogens (tertiary/aromatic N) is 3. The van der Waals surface area contributed by atoms with Crippen LogP contribution < -0.4 is 0 Å². The average molecular weight is 346 g/mol. The van der Waals surface area contributed by atoms with Crippen LogP contribution in [0.3, 0.4) is 0 Å². The van der Waals surface area contributed by atoms with Gasteiger partial charge in [0.2, 0.25) is 0 Å². The highest BCUT2D eigenvalue weighted by molar-refractivity contribution is 6.29. The minimum absolute atomic E-state index is 0.0628. The van der Waals surface area contributed by atoms with E-state index < -0.39 is 11.8 Å². The van der Waals surface area contributed by atoms with Crippen molar-refractivity contribution < 1.29 is 13.9 Å². The molecule has 24 heavy (non-hydrogen) atoms. The molecule has 0 aliphatic heterocycles. The molecule has 0 spiro atoms. The van der Waals surface area contributed by atoms with Crippen LogP contribution in [0.25, 0.3) is 5.69 Å². The van der Waals surface area contributed by atoms with Crippen LogP contribution in [-0.2, 0) is 11.3 Å². The highest BCUT2D eigenvalue weighted by atomic mass is 35.5. The summed E-state index contributed by atoms with van der Waals surface area (Å²) in [6.07, 6.45) is 2.90. The maximum atomic E-state index is 13.9. The van der Waals surface area contributed by atoms with Gasteiger partial charge in [0.1, 0.15) is 28.8 Å². The number of para-hydroxylation sites is 1. The molecule has 2 aromatic heterocycles. The summed E-state index contributed by atoms with van der Waals surface area (Å²) in [7, 11) is 0. The van der Waals surface area contributed by atoms with Gasteiger partial charge in [-0.15, -0.1) is 0 Å². The monoisotopic (exact) mass is 345 g/mol. The molecule has 5 nitrogen and oxygen atoms in total. The molecular weight excluding hydrogens is 333 g/mol. The molecule has 2 heterocycles. The van der Waals surface area contributed by atoms with Crippen molar-refractivity contribution in [1.29, 1.82) is 0 Å². The molecule has 1 aromatic carbocycles. The van der Waals surface area contributed by atoms with Crippen LogP contribution in [0.4, 0.5) is 4.39 Å². The van der Waals surface area contributed by atoms with Crippen LogP contribution in [-0.4, -0.2) is 20.7 Å². The number of hydrogen-bond donors (Lipinski definition) is 0. The molecule has 0 aliphatic carbocycles. The predicted molar refractivity (Wildman–Crippen MR) is 86.6 cm³/mol. The van der Waals surface area contributed by atoms with Gasteiger partial charge in [-0.2, -0.15) is 5.10 Å². The van der Waals surface area contributed by atoms with E-state index in [0.717, 1.165) is 0 Å². The summed E-state index contributed by atoms with van der Waals surface area (Å²) in [4.78, 5) is 16.1. The zero-order valence-electron chi connectivity index (χ0n) is 12.7. The fourth-order valence-electron chi connectivity index (χ4n) is 2.19. The summed E-state index contributed by atoms with van der Waals surface area (Å²) >= 11 is 5.70. The highest BCUT2D eigenvalue weighted by Crippen LogP contribution is 2.18. The van der Waals surface area contributed by atoms with Crippen LogP contribution in [0.15, 0.2) is 48.8 Å². The van der Waals surface area contributed by atoms with Gasteiger partial charge in [-0.1, -0.05) is 29.8 Å². The van der Waals surface area contributed by atoms with Gasteiger partial charge in [-0.05, 0) is 25.1 Å². The Bertz CT molecular complexity index is 878. The van der Waals surface area contributed by atoms with Crippen molar-refractivity contribution in [2.45, 2.75) is 13.5 Å². The standard InChI is InChI=1S/C17H13ClFN3O2/c1-11-13(9-21-22(11)15-5-3-2-4-14(15)19)17(23)24-10-12-6-7-16(18)20-8-12/h2-9H,10H2,1H3. The van der Waals surface area contributed by atoms with E-state index in [-0.39, 0.29) is 17.9 Å². The number of ether oxygens (including phenoxy) is 1. The Balaban J connectivity index is 1.77. The number of hydrogen-bond acceptors (Lipinski definition) is 4. The summed E-state index contributed by atoms with van der Waals surface area (Å²) in [5, 5.41) is 4.45. The smallest absolute Gasteiger partial charge is 0.341 e. The van der Waals surface area contributed by atoms with Crippen molar-refractivity contribution in [3.63, 3.8) is 0 Å². The molecule has 0 unspecified atom stereocenters. The molecule has 0 fully saturated rings. The fraction of sp³-hybridized carbons (Fsp3) is 0.118. The molecule has 0 amide bonds. The minimum Gasteiger partial charge on any atom is -0.457 e. The highest BCUT2D eigenvalue weighted by Gasteiger charge is 2.18. The lowest BCUT2D eigenvalue weighted by atomic mass is 10.2. The summed E-state index contributed by atoms with van der Waals surface area (Å²) < 4.78 is 20.5. The lowest BCUT2D eigenvalue weighted by Gasteiger charge is -2.07. The third-order valence-electron chi connectivity index (χ3n) is 3.47. The van der Waals surface area contributed by atoms with E-state index in [1.807, 2.05) is 0 Å². The van der Waals surface area contributed by atoms with E-state index in [4.69, 9.17) is 16.3 Å². The lowest BCUT2D eigenvalue weighted by Crippen LogP contribution is -2.08. The van der Waals surface area contributed by atoms with Gasteiger partial charge in [0, 0.05) is 11.8 Å². The van der Waals surface area contributed by atoms with Crippen molar-refractivity contribution in [1.82, 2.24) is 14.8 Å². The molecule has 0 saturated carbocycles. The summed E-state index contributed by atoms with van der Waals surface area (Å²) in [6.45, 7) is 1.74. The molecule has 0 radical (unpaired) electrons. The van der Waals surface area contributed by atoms with E-state index in [1.165, 1.54) is 23.1 Å². The zero-order chi connectivity index (χ0) is 17.1. The SMILES string of the molecule is Cc1c(C(=O)OCc2ccc(Cl)nc2)cnn1-c1ccccc1F. The third-order valence-corrected chi connectivity index (χ3v) is 3.69. The first-order valence-corrected chi connectivity index (χ1v) is 7.51. The van der Waals surface area contributed by atoms with Crippen molar-refractivity contribution >= 4 is 17.6 Å². The van der Waals surface area contributed by atoms with Crippen molar-refractivity contribution in [2.24, 2.45) is 0 Å². The van der Waals surface area contributed by atoms with Crippen molar-refractivity contribution in [3.8, 4) is 5.69 Å². The van der Waals surface area contributed by atoms with Gasteiger partial charge in [-0.3, -0.25) is 0 Å². The van der Waals surface area contributed by atoms with Gasteiger partial charge in [0.25, 0.3) is 0 Å². The number of pyridine rings is 1. The second kappa shape index (κ2) is 6.80. The molecule has 0 bridgehead atoms. The number of halogens is 2. The number of benzene rings is 1. The van der Waals surface area contributed by atoms with Crippen LogP contribution in [0, 0.1) is 12.7 Å². The molecule has 0 saturated heterocycles. The molecule has 0 N–H and O–H groups in total. The number of rotatable bonds is 4. The van der Waals surface area contributed by atoms with Crippen molar-refractivity contribution in [3.05, 3.63) is 76.6 Å². The minimum atomic E-state index is -0.537. The van der Waals surface area contributed by atoms with E-state index >= 15 is 0 Å². The number of esters is 1. The largest absolute Gasteiger partial charge is 0.457 e. The Morgan fingerprint density at radius 1 is 1.25 bits per heavy atom. The average Bonchev–Trinajstić information content (AvgIpc) is 2.96. The predicted octanol–water partition coefficient (Wildman–Crippen LogP) is 3.73. The van der Waals surface area contributed by atoms with Gasteiger partial charge in [0.05, 0.1) is 11.9 Å². The summed E-state index contributed by atoms with van der Waals surface area (Å²) in [6, 6.07) is 9.55. The molecule has 7 heteroatoms. The molecule has 3 rings (SSSR count). The molecule has 3 aromatic rings. The third kappa shape index (κ3) is 3.28. The van der Waals surface area contributed by atoms with Crippen LogP contribution in [0.5, 0.6) is 0 Å². The molecule has 0 atom stereocenters. The first-order valence-electron chi connectivity index (χ1n) is 7.13. The van der Waals surface area contributed by atoms with Gasteiger partial charge in [-0.25, -0.2) is 18.9 Å². The fourth-order valence-corrected chi connectivity index (χ4v) is 2.31. The van der Waals surface area contributed by atoms with Crippen molar-refractivity contribution in [2.75, 3.05) is 0 Å². The maximum Gasteiger partial charge on any atom is 0.341 e. The zero-order valence-corrected chi connectivity index (χ0v) is 13.5. The lowest BCUT2D eigenvalue weighted by molar-refractivity contribution is 0.0471. The molecule has 122 valence electrons. The van der Waals surface area contributed by atoms with Gasteiger partial charge in [0.15, 0.2) is 0 Å². The van der Waals surface area contributed by atoms with Crippen LogP contribution in [0.1, 0.15) is 21.6 Å². The topological polar surface area (TPSA) is 57.0 Å². The summed E-state index contributed by atoms with van der Waals surface area (Å²) in [5.41, 5.74) is 1.77. The Kier molecular flexibility index (Phi) is 4.57. The van der Waals surface area contributed by atoms with Gasteiger partial charge >= 0.3 is 5.97 Å².